The molecule has 2 aromatic carbocycles. The van der Waals surface area contributed by atoms with Gasteiger partial charge in [0.25, 0.3) is 0 Å². The Kier molecular flexibility index (Phi) is 11.4. The average molecular weight is 753 g/mol. The predicted molar refractivity (Wildman–Crippen MR) is 188 cm³/mol. The molecule has 3 atom stereocenters. The van der Waals surface area contributed by atoms with E-state index in [1.807, 2.05) is 36.2 Å². The van der Waals surface area contributed by atoms with Gasteiger partial charge < -0.3 is 25.2 Å². The number of alkyl halides is 3. The van der Waals surface area contributed by atoms with Crippen molar-refractivity contribution in [2.45, 2.75) is 76.4 Å². The summed E-state index contributed by atoms with van der Waals surface area (Å²) in [6.45, 7) is 4.84. The quantitative estimate of drug-likeness (QED) is 0.212. The molecule has 0 bridgehead atoms. The summed E-state index contributed by atoms with van der Waals surface area (Å²) in [6.07, 6.45) is -0.975. The van der Waals surface area contributed by atoms with E-state index in [9.17, 15) is 22.8 Å². The highest BCUT2D eigenvalue weighted by Crippen LogP contribution is 2.38. The number of carbonyl (C=O) groups is 2. The molecule has 1 aliphatic carbocycles. The van der Waals surface area contributed by atoms with Crippen LogP contribution < -0.4 is 20.3 Å². The summed E-state index contributed by atoms with van der Waals surface area (Å²) in [5, 5.41) is 7.14. The highest BCUT2D eigenvalue weighted by Gasteiger charge is 2.40. The minimum atomic E-state index is -4.58. The van der Waals surface area contributed by atoms with Crippen molar-refractivity contribution in [1.82, 2.24) is 20.5 Å². The second-order valence-electron chi connectivity index (χ2n) is 13.4. The summed E-state index contributed by atoms with van der Waals surface area (Å²) in [6, 6.07) is 12.9. The number of anilines is 1. The van der Waals surface area contributed by atoms with Crippen molar-refractivity contribution in [3.05, 3.63) is 86.0 Å². The third-order valence-electron chi connectivity index (χ3n) is 9.47. The van der Waals surface area contributed by atoms with Gasteiger partial charge in [0.1, 0.15) is 18.3 Å². The number of nitrogens with zero attached hydrogens (tertiary/aromatic N) is 3. The molecule has 3 heterocycles. The fourth-order valence-corrected chi connectivity index (χ4v) is 7.66. The number of carbonyl (C=O) groups excluding carboxylic acids is 2. The monoisotopic (exact) mass is 751 g/mol. The number of rotatable bonds is 11. The Balaban J connectivity index is 1.11. The minimum absolute atomic E-state index is 0.0293. The largest absolute Gasteiger partial charge is 0.485 e. The van der Waals surface area contributed by atoms with Gasteiger partial charge in [-0.15, -0.1) is 0 Å². The third kappa shape index (κ3) is 9.15. The fraction of sp³-hybridized carbons (Fsp3) is 0.472. The second-order valence-corrected chi connectivity index (χ2v) is 14.6. The maximum Gasteiger partial charge on any atom is 0.397 e. The molecule has 2 amide bonds. The maximum absolute atomic E-state index is 14.3. The van der Waals surface area contributed by atoms with Crippen LogP contribution in [0.1, 0.15) is 60.3 Å². The van der Waals surface area contributed by atoms with Crippen molar-refractivity contribution in [3.8, 4) is 5.75 Å². The van der Waals surface area contributed by atoms with Crippen LogP contribution in [0.25, 0.3) is 0 Å². The Morgan fingerprint density at radius 2 is 1.80 bits per heavy atom. The van der Waals surface area contributed by atoms with Gasteiger partial charge in [-0.2, -0.15) is 13.2 Å². The third-order valence-corrected chi connectivity index (χ3v) is 10.4. The highest BCUT2D eigenvalue weighted by atomic mass is 35.5. The Labute approximate surface area is 304 Å². The lowest BCUT2D eigenvalue weighted by molar-refractivity contribution is -0.153. The lowest BCUT2D eigenvalue weighted by atomic mass is 9.80. The molecule has 3 fully saturated rings. The number of amides is 2. The van der Waals surface area contributed by atoms with E-state index in [0.717, 1.165) is 55.7 Å². The van der Waals surface area contributed by atoms with E-state index in [0.29, 0.717) is 45.0 Å². The number of aryl methyl sites for hydroxylation is 1. The number of pyridine rings is 1. The van der Waals surface area contributed by atoms with Gasteiger partial charge in [-0.05, 0) is 85.2 Å². The number of benzene rings is 2. The van der Waals surface area contributed by atoms with E-state index in [1.54, 1.807) is 18.2 Å². The number of hydrogen-bond acceptors (Lipinski definition) is 6. The molecule has 1 saturated carbocycles. The second kappa shape index (κ2) is 15.6. The molecular weight excluding hydrogens is 714 g/mol. The van der Waals surface area contributed by atoms with E-state index >= 15 is 0 Å². The van der Waals surface area contributed by atoms with Crippen molar-refractivity contribution in [2.24, 2.45) is 5.92 Å². The molecule has 3 aromatic rings. The van der Waals surface area contributed by atoms with Crippen LogP contribution in [-0.4, -0.2) is 66.2 Å². The zero-order valence-electron chi connectivity index (χ0n) is 27.5. The molecule has 2 saturated heterocycles. The fourth-order valence-electron chi connectivity index (χ4n) is 6.79. The van der Waals surface area contributed by atoms with E-state index in [2.05, 4.69) is 21.6 Å². The van der Waals surface area contributed by atoms with Gasteiger partial charge in [-0.3, -0.25) is 9.59 Å². The van der Waals surface area contributed by atoms with Gasteiger partial charge in [-0.1, -0.05) is 53.0 Å². The van der Waals surface area contributed by atoms with Crippen LogP contribution in [0.2, 0.25) is 15.1 Å². The molecule has 6 rings (SSSR count). The Morgan fingerprint density at radius 3 is 2.48 bits per heavy atom. The smallest absolute Gasteiger partial charge is 0.397 e. The first-order valence-electron chi connectivity index (χ1n) is 16.8. The molecule has 0 radical (unpaired) electrons. The minimum Gasteiger partial charge on any atom is -0.485 e. The first-order chi connectivity index (χ1) is 23.8. The van der Waals surface area contributed by atoms with Crippen LogP contribution in [-0.2, 0) is 22.7 Å². The zero-order valence-corrected chi connectivity index (χ0v) is 29.8. The summed E-state index contributed by atoms with van der Waals surface area (Å²) in [4.78, 5) is 34.9. The van der Waals surface area contributed by atoms with Gasteiger partial charge in [0, 0.05) is 49.9 Å². The predicted octanol–water partition coefficient (Wildman–Crippen LogP) is 7.46. The van der Waals surface area contributed by atoms with Crippen LogP contribution in [0.4, 0.5) is 19.0 Å². The van der Waals surface area contributed by atoms with Crippen molar-refractivity contribution in [2.75, 3.05) is 31.1 Å². The molecule has 1 aromatic heterocycles. The lowest BCUT2D eigenvalue weighted by Gasteiger charge is -2.36. The van der Waals surface area contributed by atoms with Crippen LogP contribution in [0, 0.1) is 12.8 Å². The maximum atomic E-state index is 14.3. The summed E-state index contributed by atoms with van der Waals surface area (Å²) >= 11 is 19.4. The number of hydrogen-bond donors (Lipinski definition) is 2. The van der Waals surface area contributed by atoms with Crippen molar-refractivity contribution >= 4 is 52.4 Å². The molecule has 268 valence electrons. The molecule has 8 nitrogen and oxygen atoms in total. The van der Waals surface area contributed by atoms with Crippen molar-refractivity contribution in [3.63, 3.8) is 0 Å². The van der Waals surface area contributed by atoms with Crippen LogP contribution in [0.15, 0.2) is 48.7 Å². The van der Waals surface area contributed by atoms with E-state index in [-0.39, 0.29) is 43.0 Å². The van der Waals surface area contributed by atoms with E-state index in [4.69, 9.17) is 44.5 Å². The summed E-state index contributed by atoms with van der Waals surface area (Å²) in [5.41, 5.74) is 3.25. The molecule has 0 spiro atoms. The van der Waals surface area contributed by atoms with Crippen LogP contribution >= 0.6 is 34.8 Å². The number of ether oxygens (including phenoxy) is 1. The van der Waals surface area contributed by atoms with Crippen molar-refractivity contribution < 1.29 is 27.5 Å². The molecule has 2 aliphatic heterocycles. The standard InChI is InChI=1S/C36H39Cl3F3N5O3/c1-21-12-30(38)34(31(39)13-21)50-26-9-11-46(20-26)32-7-3-23(17-44-32)27-8-10-43-18-28(27)35(49)47(25-4-5-25)19-24-14-22(2-6-29(24)37)16-45-33(48)15-36(40,41)42/h2-3,6-7,12-14,17,25-28,43H,4-5,8-11,15-16,18-20H2,1H3,(H,45,48)/t26-,27+,28-/m0/s1. The molecule has 3 aliphatic rings. The lowest BCUT2D eigenvalue weighted by Crippen LogP contribution is -2.47. The molecular formula is C36H39Cl3F3N5O3. The van der Waals surface area contributed by atoms with E-state index in [1.165, 1.54) is 0 Å². The number of piperidine rings is 1. The summed E-state index contributed by atoms with van der Waals surface area (Å²) < 4.78 is 44.0. The van der Waals surface area contributed by atoms with E-state index < -0.39 is 18.5 Å². The SMILES string of the molecule is Cc1cc(Cl)c(O[C@H]2CCN(c3ccc([C@H]4CCNC[C@@H]4C(=O)N(Cc4cc(CNC(=O)CC(F)(F)F)ccc4Cl)C4CC4)cn3)C2)c(Cl)c1. The Hall–Kier alpha value is -3.25. The summed E-state index contributed by atoms with van der Waals surface area (Å²) in [7, 11) is 0. The summed E-state index contributed by atoms with van der Waals surface area (Å²) in [5.74, 6) is -0.0797. The first kappa shape index (κ1) is 36.5. The molecule has 14 heteroatoms. The van der Waals surface area contributed by atoms with Gasteiger partial charge in [0.2, 0.25) is 11.8 Å². The number of halogens is 6. The number of nitrogens with one attached hydrogen (secondary N) is 2. The topological polar surface area (TPSA) is 86.8 Å². The molecule has 0 unspecified atom stereocenters. The average Bonchev–Trinajstić information content (AvgIpc) is 3.81. The van der Waals surface area contributed by atoms with Crippen LogP contribution in [0.3, 0.4) is 0 Å². The number of aromatic nitrogens is 1. The Bertz CT molecular complexity index is 1680. The van der Waals surface area contributed by atoms with Gasteiger partial charge in [-0.25, -0.2) is 4.98 Å². The molecule has 2 N–H and O–H groups in total. The molecule has 50 heavy (non-hydrogen) atoms. The highest BCUT2D eigenvalue weighted by molar-refractivity contribution is 6.37. The zero-order chi connectivity index (χ0) is 35.6. The Morgan fingerprint density at radius 1 is 1.04 bits per heavy atom. The van der Waals surface area contributed by atoms with Crippen LogP contribution in [0.5, 0.6) is 5.75 Å². The van der Waals surface area contributed by atoms with Gasteiger partial charge >= 0.3 is 6.18 Å². The normalized spacial score (nSPS) is 20.9. The van der Waals surface area contributed by atoms with Gasteiger partial charge in [0.05, 0.1) is 22.5 Å². The first-order valence-corrected chi connectivity index (χ1v) is 17.9. The van der Waals surface area contributed by atoms with Gasteiger partial charge in [0.15, 0.2) is 5.75 Å². The van der Waals surface area contributed by atoms with Crippen molar-refractivity contribution in [1.29, 1.82) is 0 Å².